The molecule has 110 valence electrons. The van der Waals surface area contributed by atoms with Crippen LogP contribution in [0.1, 0.15) is 37.3 Å². The number of ether oxygens (including phenoxy) is 2. The number of methoxy groups -OCH3 is 2. The van der Waals surface area contributed by atoms with Gasteiger partial charge < -0.3 is 14.8 Å². The molecule has 20 heavy (non-hydrogen) atoms. The van der Waals surface area contributed by atoms with E-state index in [4.69, 9.17) is 9.47 Å². The third-order valence-electron chi connectivity index (χ3n) is 4.47. The molecule has 4 nitrogen and oxygen atoms in total. The summed E-state index contributed by atoms with van der Waals surface area (Å²) in [6, 6.07) is 4.63. The molecule has 2 heterocycles. The van der Waals surface area contributed by atoms with Crippen LogP contribution in [0.3, 0.4) is 0 Å². The van der Waals surface area contributed by atoms with Crippen molar-refractivity contribution in [2.24, 2.45) is 0 Å². The van der Waals surface area contributed by atoms with Gasteiger partial charge in [0.1, 0.15) is 11.5 Å². The fourth-order valence-electron chi connectivity index (χ4n) is 3.44. The first-order valence-electron chi connectivity index (χ1n) is 7.57. The van der Waals surface area contributed by atoms with Crippen molar-refractivity contribution in [3.63, 3.8) is 0 Å². The van der Waals surface area contributed by atoms with Gasteiger partial charge in [0.2, 0.25) is 0 Å². The lowest BCUT2D eigenvalue weighted by Crippen LogP contribution is -2.37. The van der Waals surface area contributed by atoms with E-state index in [0.717, 1.165) is 30.2 Å². The second kappa shape index (κ2) is 5.92. The molecule has 0 aliphatic carbocycles. The third kappa shape index (κ3) is 2.44. The van der Waals surface area contributed by atoms with Crippen molar-refractivity contribution in [2.75, 3.05) is 39.2 Å². The van der Waals surface area contributed by atoms with Crippen LogP contribution in [0.2, 0.25) is 0 Å². The molecule has 1 unspecified atom stereocenters. The van der Waals surface area contributed by atoms with Gasteiger partial charge in [0.15, 0.2) is 0 Å². The number of rotatable bonds is 3. The standard InChI is InChI=1S/C16H24N2O2/c1-19-12-10-13-14(18-8-4-3-5-9-18)6-7-17-16(13)15(11-12)20-2/h10-11,14,17H,3-9H2,1-2H3. The summed E-state index contributed by atoms with van der Waals surface area (Å²) in [4.78, 5) is 2.63. The van der Waals surface area contributed by atoms with Crippen molar-refractivity contribution in [3.05, 3.63) is 17.7 Å². The highest BCUT2D eigenvalue weighted by Gasteiger charge is 2.29. The molecule has 0 aromatic heterocycles. The summed E-state index contributed by atoms with van der Waals surface area (Å²) in [5.74, 6) is 1.77. The fourth-order valence-corrected chi connectivity index (χ4v) is 3.44. The number of nitrogens with one attached hydrogen (secondary N) is 1. The Labute approximate surface area is 121 Å². The predicted octanol–water partition coefficient (Wildman–Crippen LogP) is 3.05. The van der Waals surface area contributed by atoms with Crippen LogP contribution in [0.4, 0.5) is 5.69 Å². The van der Waals surface area contributed by atoms with E-state index in [1.165, 1.54) is 37.9 Å². The van der Waals surface area contributed by atoms with E-state index in [-0.39, 0.29) is 0 Å². The number of hydrogen-bond donors (Lipinski definition) is 1. The highest BCUT2D eigenvalue weighted by Crippen LogP contribution is 2.43. The Morgan fingerprint density at radius 3 is 2.60 bits per heavy atom. The van der Waals surface area contributed by atoms with Crippen molar-refractivity contribution < 1.29 is 9.47 Å². The smallest absolute Gasteiger partial charge is 0.145 e. The Kier molecular flexibility index (Phi) is 4.01. The summed E-state index contributed by atoms with van der Waals surface area (Å²) in [5, 5.41) is 3.50. The quantitative estimate of drug-likeness (QED) is 0.920. The molecule has 0 amide bonds. The number of anilines is 1. The summed E-state index contributed by atoms with van der Waals surface area (Å²) in [5.41, 5.74) is 2.48. The van der Waals surface area contributed by atoms with Crippen LogP contribution in [0, 0.1) is 0 Å². The number of hydrogen-bond acceptors (Lipinski definition) is 4. The molecule has 0 saturated carbocycles. The third-order valence-corrected chi connectivity index (χ3v) is 4.47. The van der Waals surface area contributed by atoms with Gasteiger partial charge in [-0.2, -0.15) is 0 Å². The second-order valence-corrected chi connectivity index (χ2v) is 5.62. The monoisotopic (exact) mass is 276 g/mol. The van der Waals surface area contributed by atoms with Crippen molar-refractivity contribution >= 4 is 5.69 Å². The minimum absolute atomic E-state index is 0.496. The number of nitrogens with zero attached hydrogens (tertiary/aromatic N) is 1. The lowest BCUT2D eigenvalue weighted by molar-refractivity contribution is 0.155. The number of fused-ring (bicyclic) bond motifs is 1. The molecule has 0 radical (unpaired) electrons. The zero-order chi connectivity index (χ0) is 13.9. The molecule has 1 aromatic carbocycles. The van der Waals surface area contributed by atoms with E-state index < -0.39 is 0 Å². The highest BCUT2D eigenvalue weighted by atomic mass is 16.5. The Hall–Kier alpha value is -1.42. The summed E-state index contributed by atoms with van der Waals surface area (Å²) in [6.07, 6.45) is 5.17. The van der Waals surface area contributed by atoms with Gasteiger partial charge in [-0.05, 0) is 44.0 Å². The first-order valence-corrected chi connectivity index (χ1v) is 7.57. The van der Waals surface area contributed by atoms with Gasteiger partial charge in [0.25, 0.3) is 0 Å². The molecule has 1 N–H and O–H groups in total. The minimum atomic E-state index is 0.496. The number of likely N-dealkylation sites (tertiary alicyclic amines) is 1. The summed E-state index contributed by atoms with van der Waals surface area (Å²) in [7, 11) is 3.44. The van der Waals surface area contributed by atoms with Crippen LogP contribution in [0.15, 0.2) is 12.1 Å². The van der Waals surface area contributed by atoms with Gasteiger partial charge in [0.05, 0.1) is 19.9 Å². The van der Waals surface area contributed by atoms with Crippen molar-refractivity contribution in [1.82, 2.24) is 4.90 Å². The van der Waals surface area contributed by atoms with Gasteiger partial charge in [0, 0.05) is 18.7 Å². The summed E-state index contributed by atoms with van der Waals surface area (Å²) >= 11 is 0. The van der Waals surface area contributed by atoms with Gasteiger partial charge in [-0.1, -0.05) is 6.42 Å². The molecule has 0 spiro atoms. The molecular formula is C16H24N2O2. The maximum atomic E-state index is 5.53. The Morgan fingerprint density at radius 2 is 1.90 bits per heavy atom. The summed E-state index contributed by atoms with van der Waals surface area (Å²) < 4.78 is 11.0. The molecule has 1 atom stereocenters. The van der Waals surface area contributed by atoms with Crippen LogP contribution >= 0.6 is 0 Å². The van der Waals surface area contributed by atoms with Crippen LogP contribution in [-0.2, 0) is 0 Å². The lowest BCUT2D eigenvalue weighted by atomic mass is 9.93. The normalized spacial score (nSPS) is 22.8. The fraction of sp³-hybridized carbons (Fsp3) is 0.625. The average Bonchev–Trinajstić information content (AvgIpc) is 2.54. The van der Waals surface area contributed by atoms with Crippen LogP contribution in [0.25, 0.3) is 0 Å². The van der Waals surface area contributed by atoms with Gasteiger partial charge >= 0.3 is 0 Å². The maximum Gasteiger partial charge on any atom is 0.145 e. The number of piperidine rings is 1. The first kappa shape index (κ1) is 13.6. The van der Waals surface area contributed by atoms with Crippen molar-refractivity contribution in [1.29, 1.82) is 0 Å². The Balaban J connectivity index is 1.97. The van der Waals surface area contributed by atoms with E-state index >= 15 is 0 Å². The molecule has 2 aliphatic rings. The van der Waals surface area contributed by atoms with Crippen molar-refractivity contribution in [3.8, 4) is 11.5 Å². The van der Waals surface area contributed by atoms with Crippen LogP contribution in [-0.4, -0.2) is 38.8 Å². The Morgan fingerprint density at radius 1 is 1.10 bits per heavy atom. The van der Waals surface area contributed by atoms with E-state index in [2.05, 4.69) is 16.3 Å². The topological polar surface area (TPSA) is 33.7 Å². The molecule has 1 saturated heterocycles. The van der Waals surface area contributed by atoms with E-state index in [1.54, 1.807) is 14.2 Å². The van der Waals surface area contributed by atoms with Gasteiger partial charge in [-0.15, -0.1) is 0 Å². The van der Waals surface area contributed by atoms with E-state index in [0.29, 0.717) is 6.04 Å². The zero-order valence-electron chi connectivity index (χ0n) is 12.4. The van der Waals surface area contributed by atoms with Gasteiger partial charge in [-0.25, -0.2) is 0 Å². The first-order chi connectivity index (χ1) is 9.83. The lowest BCUT2D eigenvalue weighted by Gasteiger charge is -2.38. The number of benzene rings is 1. The predicted molar refractivity (Wildman–Crippen MR) is 80.8 cm³/mol. The van der Waals surface area contributed by atoms with Crippen LogP contribution < -0.4 is 14.8 Å². The molecule has 4 heteroatoms. The SMILES string of the molecule is COc1cc(OC)c2c(c1)C(N1CCCCC1)CCN2. The molecule has 2 aliphatic heterocycles. The van der Waals surface area contributed by atoms with Crippen LogP contribution in [0.5, 0.6) is 11.5 Å². The highest BCUT2D eigenvalue weighted by molar-refractivity contribution is 5.67. The molecule has 1 fully saturated rings. The summed E-state index contributed by atoms with van der Waals surface area (Å²) in [6.45, 7) is 3.43. The van der Waals surface area contributed by atoms with E-state index in [9.17, 15) is 0 Å². The zero-order valence-corrected chi connectivity index (χ0v) is 12.4. The average molecular weight is 276 g/mol. The maximum absolute atomic E-state index is 5.53. The molecule has 1 aromatic rings. The molecule has 3 rings (SSSR count). The van der Waals surface area contributed by atoms with Crippen molar-refractivity contribution in [2.45, 2.75) is 31.7 Å². The van der Waals surface area contributed by atoms with Gasteiger partial charge in [-0.3, -0.25) is 4.90 Å². The minimum Gasteiger partial charge on any atom is -0.497 e. The molecular weight excluding hydrogens is 252 g/mol. The second-order valence-electron chi connectivity index (χ2n) is 5.62. The largest absolute Gasteiger partial charge is 0.497 e. The Bertz CT molecular complexity index is 470. The molecule has 0 bridgehead atoms. The van der Waals surface area contributed by atoms with E-state index in [1.807, 2.05) is 6.07 Å².